The lowest BCUT2D eigenvalue weighted by molar-refractivity contribution is 0.0372. The number of anilines is 1. The number of carbonyl (C=O) groups is 1. The summed E-state index contributed by atoms with van der Waals surface area (Å²) in [4.78, 5) is 17.1. The third-order valence-corrected chi connectivity index (χ3v) is 4.42. The molecule has 2 heterocycles. The van der Waals surface area contributed by atoms with E-state index in [1.807, 2.05) is 29.2 Å². The molecule has 0 bridgehead atoms. The standard InChI is InChI=1S/C15H22N4O/c16-17-13-6-4-12(5-7-13)15(20)19-10-9-18-8-2-1-3-14(18)11-19/h4-7,14,17H,1-3,8-11,16H2. The van der Waals surface area contributed by atoms with Crippen molar-refractivity contribution in [2.24, 2.45) is 5.84 Å². The molecule has 1 aromatic rings. The van der Waals surface area contributed by atoms with Gasteiger partial charge >= 0.3 is 0 Å². The summed E-state index contributed by atoms with van der Waals surface area (Å²) in [6.07, 6.45) is 3.82. The van der Waals surface area contributed by atoms with Gasteiger partial charge in [-0.1, -0.05) is 6.42 Å². The number of rotatable bonds is 2. The Morgan fingerprint density at radius 1 is 1.15 bits per heavy atom. The van der Waals surface area contributed by atoms with E-state index in [0.717, 1.165) is 30.9 Å². The molecule has 0 aromatic heterocycles. The van der Waals surface area contributed by atoms with Crippen molar-refractivity contribution >= 4 is 11.6 Å². The average molecular weight is 274 g/mol. The van der Waals surface area contributed by atoms with Crippen LogP contribution in [0.3, 0.4) is 0 Å². The van der Waals surface area contributed by atoms with Crippen molar-refractivity contribution in [2.45, 2.75) is 25.3 Å². The van der Waals surface area contributed by atoms with E-state index in [0.29, 0.717) is 6.04 Å². The Morgan fingerprint density at radius 2 is 1.95 bits per heavy atom. The number of nitrogens with two attached hydrogens (primary N) is 1. The van der Waals surface area contributed by atoms with Gasteiger partial charge in [-0.2, -0.15) is 0 Å². The minimum atomic E-state index is 0.138. The van der Waals surface area contributed by atoms with Crippen molar-refractivity contribution in [1.29, 1.82) is 0 Å². The predicted octanol–water partition coefficient (Wildman–Crippen LogP) is 1.28. The number of nitrogens with one attached hydrogen (secondary N) is 1. The summed E-state index contributed by atoms with van der Waals surface area (Å²) in [7, 11) is 0. The minimum Gasteiger partial charge on any atom is -0.336 e. The van der Waals surface area contributed by atoms with E-state index in [-0.39, 0.29) is 5.91 Å². The van der Waals surface area contributed by atoms with Gasteiger partial charge in [-0.05, 0) is 43.7 Å². The summed E-state index contributed by atoms with van der Waals surface area (Å²) >= 11 is 0. The van der Waals surface area contributed by atoms with Gasteiger partial charge in [-0.15, -0.1) is 0 Å². The van der Waals surface area contributed by atoms with Gasteiger partial charge in [0.15, 0.2) is 0 Å². The zero-order valence-electron chi connectivity index (χ0n) is 11.7. The molecule has 0 saturated carbocycles. The van der Waals surface area contributed by atoms with Crippen molar-refractivity contribution in [2.75, 3.05) is 31.6 Å². The van der Waals surface area contributed by atoms with Gasteiger partial charge in [0.05, 0.1) is 0 Å². The van der Waals surface area contributed by atoms with Gasteiger partial charge < -0.3 is 10.3 Å². The molecule has 5 heteroatoms. The highest BCUT2D eigenvalue weighted by Gasteiger charge is 2.31. The lowest BCUT2D eigenvalue weighted by atomic mass is 9.99. The molecule has 1 unspecified atom stereocenters. The zero-order chi connectivity index (χ0) is 13.9. The molecule has 108 valence electrons. The number of amides is 1. The van der Waals surface area contributed by atoms with E-state index >= 15 is 0 Å². The smallest absolute Gasteiger partial charge is 0.253 e. The summed E-state index contributed by atoms with van der Waals surface area (Å²) in [6.45, 7) is 3.92. The average Bonchev–Trinajstić information content (AvgIpc) is 2.54. The first-order valence-corrected chi connectivity index (χ1v) is 7.38. The predicted molar refractivity (Wildman–Crippen MR) is 79.4 cm³/mol. The summed E-state index contributed by atoms with van der Waals surface area (Å²) < 4.78 is 0. The van der Waals surface area contributed by atoms with E-state index < -0.39 is 0 Å². The summed E-state index contributed by atoms with van der Waals surface area (Å²) in [6, 6.07) is 7.91. The molecule has 2 aliphatic rings. The van der Waals surface area contributed by atoms with Crippen LogP contribution in [0.25, 0.3) is 0 Å². The molecule has 2 saturated heterocycles. The van der Waals surface area contributed by atoms with Crippen molar-refractivity contribution in [3.8, 4) is 0 Å². The van der Waals surface area contributed by atoms with E-state index in [4.69, 9.17) is 5.84 Å². The molecule has 5 nitrogen and oxygen atoms in total. The second kappa shape index (κ2) is 5.81. The fraction of sp³-hybridized carbons (Fsp3) is 0.533. The molecule has 3 rings (SSSR count). The zero-order valence-corrected chi connectivity index (χ0v) is 11.7. The second-order valence-corrected chi connectivity index (χ2v) is 5.66. The third kappa shape index (κ3) is 2.64. The number of piperidine rings is 1. The van der Waals surface area contributed by atoms with Gasteiger partial charge in [0.25, 0.3) is 5.91 Å². The highest BCUT2D eigenvalue weighted by molar-refractivity contribution is 5.94. The van der Waals surface area contributed by atoms with Crippen LogP contribution in [0, 0.1) is 0 Å². The first-order chi connectivity index (χ1) is 9.78. The molecule has 0 radical (unpaired) electrons. The number of hydrogen-bond acceptors (Lipinski definition) is 4. The van der Waals surface area contributed by atoms with Crippen molar-refractivity contribution in [3.63, 3.8) is 0 Å². The van der Waals surface area contributed by atoms with Gasteiger partial charge in [0, 0.05) is 36.9 Å². The van der Waals surface area contributed by atoms with Gasteiger partial charge in [0.1, 0.15) is 0 Å². The van der Waals surface area contributed by atoms with E-state index in [1.165, 1.54) is 25.8 Å². The number of nitrogens with zero attached hydrogens (tertiary/aromatic N) is 2. The van der Waals surface area contributed by atoms with E-state index in [1.54, 1.807) is 0 Å². The van der Waals surface area contributed by atoms with Crippen LogP contribution < -0.4 is 11.3 Å². The number of fused-ring (bicyclic) bond motifs is 1. The highest BCUT2D eigenvalue weighted by Crippen LogP contribution is 2.22. The normalized spacial score (nSPS) is 23.2. The molecule has 2 aliphatic heterocycles. The van der Waals surface area contributed by atoms with Crippen LogP contribution in [0.15, 0.2) is 24.3 Å². The molecule has 0 aliphatic carbocycles. The maximum atomic E-state index is 12.5. The Kier molecular flexibility index (Phi) is 3.89. The third-order valence-electron chi connectivity index (χ3n) is 4.42. The molecular formula is C15H22N4O. The second-order valence-electron chi connectivity index (χ2n) is 5.66. The molecule has 20 heavy (non-hydrogen) atoms. The number of piperazine rings is 1. The fourth-order valence-electron chi connectivity index (χ4n) is 3.23. The molecule has 1 atom stereocenters. The minimum absolute atomic E-state index is 0.138. The Hall–Kier alpha value is -1.59. The summed E-state index contributed by atoms with van der Waals surface area (Å²) in [5.41, 5.74) is 4.14. The van der Waals surface area contributed by atoms with Crippen molar-refractivity contribution < 1.29 is 4.79 Å². The fourth-order valence-corrected chi connectivity index (χ4v) is 3.23. The first-order valence-electron chi connectivity index (χ1n) is 7.38. The lowest BCUT2D eigenvalue weighted by Crippen LogP contribution is -2.56. The van der Waals surface area contributed by atoms with E-state index in [9.17, 15) is 4.79 Å². The topological polar surface area (TPSA) is 61.6 Å². The first kappa shape index (κ1) is 13.4. The molecule has 3 N–H and O–H groups in total. The Morgan fingerprint density at radius 3 is 2.70 bits per heavy atom. The number of hydrogen-bond donors (Lipinski definition) is 2. The Bertz CT molecular complexity index is 473. The van der Waals surface area contributed by atoms with Crippen molar-refractivity contribution in [3.05, 3.63) is 29.8 Å². The molecular weight excluding hydrogens is 252 g/mol. The summed E-state index contributed by atoms with van der Waals surface area (Å²) in [5.74, 6) is 5.48. The number of carbonyl (C=O) groups excluding carboxylic acids is 1. The molecule has 1 aromatic carbocycles. The number of hydrazine groups is 1. The Labute approximate surface area is 119 Å². The number of nitrogen functional groups attached to an aromatic ring is 1. The quantitative estimate of drug-likeness (QED) is 0.630. The Balaban J connectivity index is 1.67. The molecule has 1 amide bonds. The van der Waals surface area contributed by atoms with Crippen LogP contribution in [0.5, 0.6) is 0 Å². The van der Waals surface area contributed by atoms with Crippen LogP contribution in [0.1, 0.15) is 29.6 Å². The monoisotopic (exact) mass is 274 g/mol. The number of benzene rings is 1. The summed E-state index contributed by atoms with van der Waals surface area (Å²) in [5, 5.41) is 0. The maximum Gasteiger partial charge on any atom is 0.253 e. The SMILES string of the molecule is NNc1ccc(C(=O)N2CCN3CCCCC3C2)cc1. The largest absolute Gasteiger partial charge is 0.336 e. The van der Waals surface area contributed by atoms with Gasteiger partial charge in [-0.3, -0.25) is 15.5 Å². The van der Waals surface area contributed by atoms with Crippen LogP contribution in [0.2, 0.25) is 0 Å². The van der Waals surface area contributed by atoms with Crippen LogP contribution in [0.4, 0.5) is 5.69 Å². The molecule has 2 fully saturated rings. The lowest BCUT2D eigenvalue weighted by Gasteiger charge is -2.44. The highest BCUT2D eigenvalue weighted by atomic mass is 16.2. The van der Waals surface area contributed by atoms with Crippen LogP contribution >= 0.6 is 0 Å². The van der Waals surface area contributed by atoms with Crippen LogP contribution in [-0.2, 0) is 0 Å². The van der Waals surface area contributed by atoms with Crippen LogP contribution in [-0.4, -0.2) is 47.9 Å². The van der Waals surface area contributed by atoms with Gasteiger partial charge in [-0.25, -0.2) is 0 Å². The maximum absolute atomic E-state index is 12.5. The van der Waals surface area contributed by atoms with Crippen molar-refractivity contribution in [1.82, 2.24) is 9.80 Å². The van der Waals surface area contributed by atoms with E-state index in [2.05, 4.69) is 10.3 Å². The molecule has 0 spiro atoms. The van der Waals surface area contributed by atoms with Gasteiger partial charge in [0.2, 0.25) is 0 Å².